The first-order chi connectivity index (χ1) is 15.4. The van der Waals surface area contributed by atoms with Crippen LogP contribution >= 0.6 is 0 Å². The van der Waals surface area contributed by atoms with Crippen LogP contribution in [0.2, 0.25) is 0 Å². The van der Waals surface area contributed by atoms with Gasteiger partial charge >= 0.3 is 0 Å². The van der Waals surface area contributed by atoms with Gasteiger partial charge in [0.2, 0.25) is 0 Å². The van der Waals surface area contributed by atoms with Gasteiger partial charge in [0.1, 0.15) is 0 Å². The summed E-state index contributed by atoms with van der Waals surface area (Å²) >= 11 is 0. The average Bonchev–Trinajstić information content (AvgIpc) is 2.76. The van der Waals surface area contributed by atoms with Crippen molar-refractivity contribution in [1.29, 1.82) is 0 Å². The Balaban J connectivity index is 1.82. The van der Waals surface area contributed by atoms with E-state index >= 15 is 0 Å². The van der Waals surface area contributed by atoms with Crippen LogP contribution in [0.3, 0.4) is 0 Å². The SMILES string of the molecule is CC(O)CNCCNc1ccc(NCCNCC(C)O)c2c1C(=O)c1ccccc1C2=O. The molecule has 2 unspecified atom stereocenters. The predicted octanol–water partition coefficient (Wildman–Crippen LogP) is 1.23. The number of carbonyl (C=O) groups excluding carboxylic acids is 2. The third kappa shape index (κ3) is 5.72. The van der Waals surface area contributed by atoms with Crippen molar-refractivity contribution in [2.24, 2.45) is 0 Å². The Hall–Kier alpha value is -2.78. The van der Waals surface area contributed by atoms with Crippen LogP contribution < -0.4 is 21.3 Å². The number of benzene rings is 2. The van der Waals surface area contributed by atoms with E-state index in [0.717, 1.165) is 0 Å². The molecule has 3 rings (SSSR count). The molecule has 8 nitrogen and oxygen atoms in total. The van der Waals surface area contributed by atoms with E-state index in [0.29, 0.717) is 72.9 Å². The number of carbonyl (C=O) groups is 2. The Kier molecular flexibility index (Phi) is 8.35. The maximum Gasteiger partial charge on any atom is 0.196 e. The highest BCUT2D eigenvalue weighted by Crippen LogP contribution is 2.36. The molecule has 0 heterocycles. The van der Waals surface area contributed by atoms with E-state index in [4.69, 9.17) is 0 Å². The van der Waals surface area contributed by atoms with Crippen molar-refractivity contribution < 1.29 is 19.8 Å². The van der Waals surface area contributed by atoms with Crippen molar-refractivity contribution in [3.63, 3.8) is 0 Å². The van der Waals surface area contributed by atoms with Crippen LogP contribution in [0.25, 0.3) is 0 Å². The molecule has 172 valence electrons. The summed E-state index contributed by atoms with van der Waals surface area (Å²) in [5.74, 6) is -0.351. The fraction of sp³-hybridized carbons (Fsp3) is 0.417. The largest absolute Gasteiger partial charge is 0.392 e. The fourth-order valence-electron chi connectivity index (χ4n) is 3.71. The van der Waals surface area contributed by atoms with Gasteiger partial charge in [-0.05, 0) is 26.0 Å². The summed E-state index contributed by atoms with van der Waals surface area (Å²) in [7, 11) is 0. The maximum absolute atomic E-state index is 13.3. The molecule has 0 bridgehead atoms. The minimum atomic E-state index is -0.432. The standard InChI is InChI=1S/C24H32N4O4/c1-15(29)13-25-9-11-27-19-7-8-20(28-12-10-26-14-16(2)30)22-21(19)23(31)17-5-3-4-6-18(17)24(22)32/h3-8,15-16,25-30H,9-14H2,1-2H3. The lowest BCUT2D eigenvalue weighted by Crippen LogP contribution is -2.30. The Morgan fingerprint density at radius 2 is 1.09 bits per heavy atom. The van der Waals surface area contributed by atoms with E-state index in [1.165, 1.54) is 0 Å². The fourth-order valence-corrected chi connectivity index (χ4v) is 3.71. The van der Waals surface area contributed by atoms with E-state index in [1.807, 2.05) is 12.1 Å². The monoisotopic (exact) mass is 440 g/mol. The molecule has 0 radical (unpaired) electrons. The summed E-state index contributed by atoms with van der Waals surface area (Å²) in [6.45, 7) is 6.68. The molecule has 2 aromatic carbocycles. The first kappa shape index (κ1) is 23.9. The van der Waals surface area contributed by atoms with Gasteiger partial charge in [0.05, 0.1) is 23.3 Å². The predicted molar refractivity (Wildman–Crippen MR) is 126 cm³/mol. The van der Waals surface area contributed by atoms with Gasteiger partial charge in [0, 0.05) is 61.8 Å². The molecule has 32 heavy (non-hydrogen) atoms. The molecule has 2 aromatic rings. The number of aliphatic hydroxyl groups excluding tert-OH is 2. The number of anilines is 2. The summed E-state index contributed by atoms with van der Waals surface area (Å²) in [5, 5.41) is 31.5. The van der Waals surface area contributed by atoms with Gasteiger partial charge in [-0.1, -0.05) is 24.3 Å². The molecule has 0 saturated heterocycles. The first-order valence-electron chi connectivity index (χ1n) is 11.0. The van der Waals surface area contributed by atoms with Crippen molar-refractivity contribution in [3.05, 3.63) is 58.7 Å². The number of fused-ring (bicyclic) bond motifs is 2. The molecule has 6 N–H and O–H groups in total. The summed E-state index contributed by atoms with van der Waals surface area (Å²) < 4.78 is 0. The molecule has 0 spiro atoms. The molecular weight excluding hydrogens is 408 g/mol. The minimum Gasteiger partial charge on any atom is -0.392 e. The molecule has 0 aromatic heterocycles. The number of nitrogens with one attached hydrogen (secondary N) is 4. The number of rotatable bonds is 12. The van der Waals surface area contributed by atoms with E-state index in [-0.39, 0.29) is 11.6 Å². The molecule has 0 saturated carbocycles. The van der Waals surface area contributed by atoms with Crippen molar-refractivity contribution in [2.75, 3.05) is 49.9 Å². The molecule has 0 aliphatic heterocycles. The van der Waals surface area contributed by atoms with Crippen molar-refractivity contribution in [1.82, 2.24) is 10.6 Å². The molecule has 0 fully saturated rings. The summed E-state index contributed by atoms with van der Waals surface area (Å²) in [6, 6.07) is 10.5. The number of ketones is 2. The molecule has 8 heteroatoms. The summed E-state index contributed by atoms with van der Waals surface area (Å²) in [4.78, 5) is 26.7. The zero-order valence-electron chi connectivity index (χ0n) is 18.6. The van der Waals surface area contributed by atoms with Gasteiger partial charge in [0.15, 0.2) is 11.6 Å². The lowest BCUT2D eigenvalue weighted by molar-refractivity contribution is 0.0980. The second-order valence-corrected chi connectivity index (χ2v) is 8.07. The zero-order valence-corrected chi connectivity index (χ0v) is 18.6. The van der Waals surface area contributed by atoms with Crippen LogP contribution in [0.1, 0.15) is 45.7 Å². The highest BCUT2D eigenvalue weighted by Gasteiger charge is 2.33. The van der Waals surface area contributed by atoms with Crippen molar-refractivity contribution in [3.8, 4) is 0 Å². The van der Waals surface area contributed by atoms with Crippen LogP contribution in [0.5, 0.6) is 0 Å². The van der Waals surface area contributed by atoms with Crippen LogP contribution in [0, 0.1) is 0 Å². The average molecular weight is 441 g/mol. The Morgan fingerprint density at radius 3 is 1.47 bits per heavy atom. The molecule has 1 aliphatic rings. The van der Waals surface area contributed by atoms with Gasteiger partial charge in [-0.2, -0.15) is 0 Å². The quantitative estimate of drug-likeness (QED) is 0.233. The summed E-state index contributed by atoms with van der Waals surface area (Å²) in [6.07, 6.45) is -0.863. The van der Waals surface area contributed by atoms with Crippen LogP contribution in [0.4, 0.5) is 11.4 Å². The van der Waals surface area contributed by atoms with E-state index in [2.05, 4.69) is 21.3 Å². The molecule has 2 atom stereocenters. The highest BCUT2D eigenvalue weighted by molar-refractivity contribution is 6.31. The third-order valence-electron chi connectivity index (χ3n) is 5.19. The van der Waals surface area contributed by atoms with Crippen molar-refractivity contribution >= 4 is 22.9 Å². The number of hydrogen-bond acceptors (Lipinski definition) is 8. The third-order valence-corrected chi connectivity index (χ3v) is 5.19. The van der Waals surface area contributed by atoms with Gasteiger partial charge in [-0.25, -0.2) is 0 Å². The maximum atomic E-state index is 13.3. The van der Waals surface area contributed by atoms with Crippen molar-refractivity contribution in [2.45, 2.75) is 26.1 Å². The second-order valence-electron chi connectivity index (χ2n) is 8.07. The topological polar surface area (TPSA) is 123 Å². The van der Waals surface area contributed by atoms with Gasteiger partial charge in [-0.3, -0.25) is 9.59 Å². The lowest BCUT2D eigenvalue weighted by Gasteiger charge is -2.24. The Bertz CT molecular complexity index is 883. The van der Waals surface area contributed by atoms with E-state index < -0.39 is 12.2 Å². The van der Waals surface area contributed by atoms with Crippen LogP contribution in [-0.4, -0.2) is 73.3 Å². The van der Waals surface area contributed by atoms with Gasteiger partial charge < -0.3 is 31.5 Å². The van der Waals surface area contributed by atoms with Gasteiger partial charge in [0.25, 0.3) is 0 Å². The normalized spacial score (nSPS) is 14.5. The van der Waals surface area contributed by atoms with Crippen LogP contribution in [-0.2, 0) is 0 Å². The highest BCUT2D eigenvalue weighted by atomic mass is 16.3. The number of aliphatic hydroxyl groups is 2. The molecule has 0 amide bonds. The minimum absolute atomic E-state index is 0.175. The zero-order chi connectivity index (χ0) is 23.1. The smallest absolute Gasteiger partial charge is 0.196 e. The van der Waals surface area contributed by atoms with E-state index in [9.17, 15) is 19.8 Å². The molecule has 1 aliphatic carbocycles. The van der Waals surface area contributed by atoms with Gasteiger partial charge in [-0.15, -0.1) is 0 Å². The van der Waals surface area contributed by atoms with E-state index in [1.54, 1.807) is 38.1 Å². The Labute approximate surface area is 188 Å². The summed E-state index contributed by atoms with van der Waals surface area (Å²) in [5.41, 5.74) is 2.82. The lowest BCUT2D eigenvalue weighted by atomic mass is 9.82. The second kappa shape index (κ2) is 11.2. The molecular formula is C24H32N4O4. The first-order valence-corrected chi connectivity index (χ1v) is 11.0. The number of hydrogen-bond donors (Lipinski definition) is 6. The Morgan fingerprint density at radius 1 is 0.688 bits per heavy atom. The van der Waals surface area contributed by atoms with Crippen LogP contribution in [0.15, 0.2) is 36.4 Å².